The van der Waals surface area contributed by atoms with Gasteiger partial charge in [-0.2, -0.15) is 0 Å². The molecular weight excluding hydrogens is 270 g/mol. The molecule has 0 spiro atoms. The van der Waals surface area contributed by atoms with Crippen molar-refractivity contribution in [1.29, 1.82) is 0 Å². The third-order valence-electron chi connectivity index (χ3n) is 4.17. The summed E-state index contributed by atoms with van der Waals surface area (Å²) in [5, 5.41) is 5.13. The number of nitrogens with zero attached hydrogens (tertiary/aromatic N) is 1. The summed E-state index contributed by atoms with van der Waals surface area (Å²) in [5.41, 5.74) is 7.36. The standard InChI is InChI=1S/C15H25N3OS/c1-3-11(2)14(16)15(19)17-6-8-18-7-4-13-12(10-18)5-9-20-13/h5,9,11,14H,3-4,6-8,10,16H2,1-2H3,(H,17,19). The zero-order valence-corrected chi connectivity index (χ0v) is 13.2. The molecule has 1 aliphatic rings. The van der Waals surface area contributed by atoms with Gasteiger partial charge in [0.2, 0.25) is 5.91 Å². The van der Waals surface area contributed by atoms with Gasteiger partial charge in [0.25, 0.3) is 0 Å². The van der Waals surface area contributed by atoms with Gasteiger partial charge < -0.3 is 11.1 Å². The van der Waals surface area contributed by atoms with E-state index in [0.717, 1.165) is 32.5 Å². The Morgan fingerprint density at radius 1 is 1.60 bits per heavy atom. The predicted molar refractivity (Wildman–Crippen MR) is 83.7 cm³/mol. The normalized spacial score (nSPS) is 18.4. The highest BCUT2D eigenvalue weighted by Crippen LogP contribution is 2.23. The van der Waals surface area contributed by atoms with Crippen LogP contribution in [0.5, 0.6) is 0 Å². The third kappa shape index (κ3) is 3.81. The van der Waals surface area contributed by atoms with E-state index >= 15 is 0 Å². The highest BCUT2D eigenvalue weighted by Gasteiger charge is 2.20. The topological polar surface area (TPSA) is 58.4 Å². The van der Waals surface area contributed by atoms with Crippen LogP contribution < -0.4 is 11.1 Å². The fourth-order valence-electron chi connectivity index (χ4n) is 2.47. The molecule has 0 aliphatic carbocycles. The summed E-state index contributed by atoms with van der Waals surface area (Å²) in [4.78, 5) is 15.8. The van der Waals surface area contributed by atoms with Crippen LogP contribution in [0.3, 0.4) is 0 Å². The first-order valence-electron chi connectivity index (χ1n) is 7.42. The highest BCUT2D eigenvalue weighted by molar-refractivity contribution is 7.10. The maximum atomic E-state index is 11.9. The Hall–Kier alpha value is -0.910. The molecule has 2 unspecified atom stereocenters. The summed E-state index contributed by atoms with van der Waals surface area (Å²) >= 11 is 1.85. The molecule has 0 saturated heterocycles. The second-order valence-corrected chi connectivity index (χ2v) is 6.60. The zero-order valence-electron chi connectivity index (χ0n) is 12.4. The van der Waals surface area contributed by atoms with Gasteiger partial charge in [0, 0.05) is 31.1 Å². The van der Waals surface area contributed by atoms with Crippen molar-refractivity contribution >= 4 is 17.2 Å². The van der Waals surface area contributed by atoms with E-state index in [1.807, 2.05) is 18.3 Å². The van der Waals surface area contributed by atoms with E-state index in [9.17, 15) is 4.79 Å². The largest absolute Gasteiger partial charge is 0.353 e. The van der Waals surface area contributed by atoms with Gasteiger partial charge in [-0.05, 0) is 29.3 Å². The average Bonchev–Trinajstić information content (AvgIpc) is 2.93. The molecule has 20 heavy (non-hydrogen) atoms. The molecular formula is C15H25N3OS. The van der Waals surface area contributed by atoms with Crippen LogP contribution in [0.25, 0.3) is 0 Å². The quantitative estimate of drug-likeness (QED) is 0.838. The van der Waals surface area contributed by atoms with Crippen LogP contribution in [-0.4, -0.2) is 36.5 Å². The van der Waals surface area contributed by atoms with E-state index in [4.69, 9.17) is 5.73 Å². The number of carbonyl (C=O) groups is 1. The van der Waals surface area contributed by atoms with Gasteiger partial charge in [0.15, 0.2) is 0 Å². The number of rotatable bonds is 6. The number of carbonyl (C=O) groups excluding carboxylic acids is 1. The Morgan fingerprint density at radius 3 is 3.15 bits per heavy atom. The van der Waals surface area contributed by atoms with Crippen LogP contribution in [0.2, 0.25) is 0 Å². The van der Waals surface area contributed by atoms with Crippen LogP contribution in [0.1, 0.15) is 30.7 Å². The maximum absolute atomic E-state index is 11.9. The van der Waals surface area contributed by atoms with Gasteiger partial charge in [-0.25, -0.2) is 0 Å². The lowest BCUT2D eigenvalue weighted by Gasteiger charge is -2.27. The fraction of sp³-hybridized carbons (Fsp3) is 0.667. The molecule has 3 N–H and O–H groups in total. The number of hydrogen-bond donors (Lipinski definition) is 2. The minimum atomic E-state index is -0.384. The molecule has 4 nitrogen and oxygen atoms in total. The van der Waals surface area contributed by atoms with Crippen molar-refractivity contribution in [1.82, 2.24) is 10.2 Å². The number of fused-ring (bicyclic) bond motifs is 1. The molecule has 0 radical (unpaired) electrons. The van der Waals surface area contributed by atoms with Gasteiger partial charge in [0.1, 0.15) is 0 Å². The van der Waals surface area contributed by atoms with E-state index in [1.165, 1.54) is 10.4 Å². The molecule has 1 aromatic heterocycles. The first-order chi connectivity index (χ1) is 9.61. The maximum Gasteiger partial charge on any atom is 0.237 e. The molecule has 1 aliphatic heterocycles. The van der Waals surface area contributed by atoms with Crippen molar-refractivity contribution in [2.24, 2.45) is 11.7 Å². The average molecular weight is 295 g/mol. The van der Waals surface area contributed by atoms with Crippen molar-refractivity contribution in [3.05, 3.63) is 21.9 Å². The molecule has 0 bridgehead atoms. The van der Waals surface area contributed by atoms with Gasteiger partial charge in [-0.15, -0.1) is 11.3 Å². The second-order valence-electron chi connectivity index (χ2n) is 5.60. The minimum Gasteiger partial charge on any atom is -0.353 e. The Bertz CT molecular complexity index is 446. The number of hydrogen-bond acceptors (Lipinski definition) is 4. The van der Waals surface area contributed by atoms with E-state index in [0.29, 0.717) is 6.54 Å². The summed E-state index contributed by atoms with van der Waals surface area (Å²) in [7, 11) is 0. The first-order valence-corrected chi connectivity index (χ1v) is 8.30. The monoisotopic (exact) mass is 295 g/mol. The van der Waals surface area contributed by atoms with E-state index in [2.05, 4.69) is 28.6 Å². The van der Waals surface area contributed by atoms with Gasteiger partial charge in [0.05, 0.1) is 6.04 Å². The van der Waals surface area contributed by atoms with Crippen LogP contribution in [0.15, 0.2) is 11.4 Å². The molecule has 0 saturated carbocycles. The lowest BCUT2D eigenvalue weighted by atomic mass is 9.99. The molecule has 112 valence electrons. The number of nitrogens with two attached hydrogens (primary N) is 1. The fourth-order valence-corrected chi connectivity index (χ4v) is 3.35. The molecule has 1 aromatic rings. The minimum absolute atomic E-state index is 0.0208. The van der Waals surface area contributed by atoms with Crippen molar-refractivity contribution in [2.75, 3.05) is 19.6 Å². The SMILES string of the molecule is CCC(C)C(N)C(=O)NCCN1CCc2sccc2C1. The highest BCUT2D eigenvalue weighted by atomic mass is 32.1. The van der Waals surface area contributed by atoms with Gasteiger partial charge in [-0.1, -0.05) is 20.3 Å². The third-order valence-corrected chi connectivity index (χ3v) is 5.20. The molecule has 5 heteroatoms. The molecule has 0 fully saturated rings. The van der Waals surface area contributed by atoms with Crippen molar-refractivity contribution in [2.45, 2.75) is 39.3 Å². The summed E-state index contributed by atoms with van der Waals surface area (Å²) in [6, 6.07) is 1.83. The molecule has 0 aromatic carbocycles. The van der Waals surface area contributed by atoms with E-state index in [-0.39, 0.29) is 17.9 Å². The predicted octanol–water partition coefficient (Wildman–Crippen LogP) is 1.60. The Labute approximate surface area is 125 Å². The van der Waals surface area contributed by atoms with Crippen LogP contribution in [0, 0.1) is 5.92 Å². The molecule has 2 heterocycles. The van der Waals surface area contributed by atoms with E-state index < -0.39 is 0 Å². The number of nitrogens with one attached hydrogen (secondary N) is 1. The van der Waals surface area contributed by atoms with Gasteiger partial charge >= 0.3 is 0 Å². The lowest BCUT2D eigenvalue weighted by molar-refractivity contribution is -0.123. The zero-order chi connectivity index (χ0) is 14.5. The second kappa shape index (κ2) is 7.20. The molecule has 2 atom stereocenters. The van der Waals surface area contributed by atoms with Crippen LogP contribution in [-0.2, 0) is 17.8 Å². The van der Waals surface area contributed by atoms with Gasteiger partial charge in [-0.3, -0.25) is 9.69 Å². The Kier molecular flexibility index (Phi) is 5.57. The molecule has 2 rings (SSSR count). The summed E-state index contributed by atoms with van der Waals surface area (Å²) < 4.78 is 0. The Balaban J connectivity index is 1.70. The number of amides is 1. The summed E-state index contributed by atoms with van der Waals surface area (Å²) in [6.45, 7) is 7.75. The van der Waals surface area contributed by atoms with Crippen LogP contribution >= 0.6 is 11.3 Å². The summed E-state index contributed by atoms with van der Waals surface area (Å²) in [5.74, 6) is 0.214. The van der Waals surface area contributed by atoms with Crippen molar-refractivity contribution in [3.63, 3.8) is 0 Å². The lowest BCUT2D eigenvalue weighted by Crippen LogP contribution is -2.47. The Morgan fingerprint density at radius 2 is 2.40 bits per heavy atom. The van der Waals surface area contributed by atoms with Crippen molar-refractivity contribution < 1.29 is 4.79 Å². The first kappa shape index (κ1) is 15.5. The van der Waals surface area contributed by atoms with E-state index in [1.54, 1.807) is 0 Å². The van der Waals surface area contributed by atoms with Crippen molar-refractivity contribution in [3.8, 4) is 0 Å². The molecule has 1 amide bonds. The smallest absolute Gasteiger partial charge is 0.237 e. The number of thiophene rings is 1. The summed E-state index contributed by atoms with van der Waals surface area (Å²) in [6.07, 6.45) is 2.06. The van der Waals surface area contributed by atoms with Crippen LogP contribution in [0.4, 0.5) is 0 Å².